The van der Waals surface area contributed by atoms with Gasteiger partial charge >= 0.3 is 6.03 Å². The number of urea groups is 1. The molecule has 1 atom stereocenters. The molecule has 1 aromatic heterocycles. The van der Waals surface area contributed by atoms with Crippen molar-refractivity contribution in [3.05, 3.63) is 17.3 Å². The van der Waals surface area contributed by atoms with Crippen LogP contribution in [0, 0.1) is 6.92 Å². The standard InChI is InChI=1S/C12H19N5O2/c1-7-5-9(10(15-7)17-12(13)19)11(18)16-8-3-2-4-14-6-8/h5,8,14-15H,2-4,6H2,1H3,(H,16,18)(H3,13,17,19)/t8-/m0/s1. The first kappa shape index (κ1) is 13.4. The number of anilines is 1. The Morgan fingerprint density at radius 2 is 2.26 bits per heavy atom. The lowest BCUT2D eigenvalue weighted by atomic mass is 10.1. The first-order valence-electron chi connectivity index (χ1n) is 6.34. The van der Waals surface area contributed by atoms with Crippen LogP contribution in [0.15, 0.2) is 6.07 Å². The van der Waals surface area contributed by atoms with Gasteiger partial charge in [0.25, 0.3) is 5.91 Å². The van der Waals surface area contributed by atoms with Crippen molar-refractivity contribution in [2.45, 2.75) is 25.8 Å². The van der Waals surface area contributed by atoms with Crippen LogP contribution in [0.2, 0.25) is 0 Å². The Balaban J connectivity index is 2.07. The van der Waals surface area contributed by atoms with E-state index in [1.165, 1.54) is 0 Å². The average Bonchev–Trinajstić information content (AvgIpc) is 2.70. The van der Waals surface area contributed by atoms with Gasteiger partial charge in [-0.25, -0.2) is 4.79 Å². The normalized spacial score (nSPS) is 18.9. The maximum atomic E-state index is 12.2. The predicted molar refractivity (Wildman–Crippen MR) is 72.1 cm³/mol. The molecular formula is C12H19N5O2. The molecule has 0 aliphatic carbocycles. The van der Waals surface area contributed by atoms with Crippen LogP contribution in [0.3, 0.4) is 0 Å². The molecule has 1 saturated heterocycles. The van der Waals surface area contributed by atoms with E-state index in [0.29, 0.717) is 11.4 Å². The fraction of sp³-hybridized carbons (Fsp3) is 0.500. The van der Waals surface area contributed by atoms with Crippen molar-refractivity contribution in [3.8, 4) is 0 Å². The van der Waals surface area contributed by atoms with Gasteiger partial charge in [0.2, 0.25) is 0 Å². The van der Waals surface area contributed by atoms with Crippen LogP contribution in [-0.2, 0) is 0 Å². The number of nitrogens with two attached hydrogens (primary N) is 1. The molecule has 6 N–H and O–H groups in total. The summed E-state index contributed by atoms with van der Waals surface area (Å²) in [5.74, 6) is 0.132. The predicted octanol–water partition coefficient (Wildman–Crippen LogP) is 0.296. The summed E-state index contributed by atoms with van der Waals surface area (Å²) in [4.78, 5) is 26.0. The zero-order chi connectivity index (χ0) is 13.8. The number of hydrogen-bond donors (Lipinski definition) is 5. The van der Waals surface area contributed by atoms with Gasteiger partial charge in [0.1, 0.15) is 5.82 Å². The summed E-state index contributed by atoms with van der Waals surface area (Å²) in [5, 5.41) is 8.60. The Labute approximate surface area is 111 Å². The van der Waals surface area contributed by atoms with Crippen molar-refractivity contribution in [1.29, 1.82) is 0 Å². The van der Waals surface area contributed by atoms with Crippen molar-refractivity contribution >= 4 is 17.8 Å². The smallest absolute Gasteiger partial charge is 0.317 e. The van der Waals surface area contributed by atoms with Crippen LogP contribution in [0.5, 0.6) is 0 Å². The van der Waals surface area contributed by atoms with Gasteiger partial charge in [-0.3, -0.25) is 10.1 Å². The summed E-state index contributed by atoms with van der Waals surface area (Å²) >= 11 is 0. The molecule has 1 aliphatic rings. The van der Waals surface area contributed by atoms with E-state index in [0.717, 1.165) is 31.6 Å². The summed E-state index contributed by atoms with van der Waals surface area (Å²) in [5.41, 5.74) is 6.27. The number of amides is 3. The molecule has 7 heteroatoms. The number of primary amides is 1. The minimum atomic E-state index is -0.699. The Bertz CT molecular complexity index is 476. The third-order valence-corrected chi connectivity index (χ3v) is 3.08. The molecule has 104 valence electrons. The molecule has 0 unspecified atom stereocenters. The molecule has 0 aromatic carbocycles. The maximum Gasteiger partial charge on any atom is 0.317 e. The summed E-state index contributed by atoms with van der Waals surface area (Å²) in [6, 6.07) is 1.12. The van der Waals surface area contributed by atoms with Gasteiger partial charge in [0.15, 0.2) is 0 Å². The lowest BCUT2D eigenvalue weighted by Crippen LogP contribution is -2.45. The van der Waals surface area contributed by atoms with Crippen LogP contribution in [-0.4, -0.2) is 36.1 Å². The number of rotatable bonds is 3. The maximum absolute atomic E-state index is 12.2. The fourth-order valence-electron chi connectivity index (χ4n) is 2.23. The van der Waals surface area contributed by atoms with Gasteiger partial charge in [-0.1, -0.05) is 0 Å². The third-order valence-electron chi connectivity index (χ3n) is 3.08. The number of hydrogen-bond acceptors (Lipinski definition) is 3. The molecule has 19 heavy (non-hydrogen) atoms. The fourth-order valence-corrected chi connectivity index (χ4v) is 2.23. The first-order chi connectivity index (χ1) is 9.06. The third kappa shape index (κ3) is 3.47. The molecule has 1 fully saturated rings. The van der Waals surface area contributed by atoms with E-state index in [4.69, 9.17) is 5.73 Å². The second-order valence-electron chi connectivity index (χ2n) is 4.75. The number of H-pyrrole nitrogens is 1. The van der Waals surface area contributed by atoms with Crippen LogP contribution in [0.25, 0.3) is 0 Å². The number of aromatic nitrogens is 1. The summed E-state index contributed by atoms with van der Waals surface area (Å²) in [6.45, 7) is 3.57. The first-order valence-corrected chi connectivity index (χ1v) is 6.34. The number of carbonyl (C=O) groups is 2. The number of aryl methyl sites for hydroxylation is 1. The van der Waals surface area contributed by atoms with Gasteiger partial charge in [0.05, 0.1) is 5.56 Å². The Morgan fingerprint density at radius 1 is 1.47 bits per heavy atom. The van der Waals surface area contributed by atoms with Gasteiger partial charge in [-0.2, -0.15) is 0 Å². The summed E-state index contributed by atoms with van der Waals surface area (Å²) < 4.78 is 0. The SMILES string of the molecule is Cc1cc(C(=O)N[C@H]2CCCNC2)c(NC(N)=O)[nH]1. The molecule has 7 nitrogen and oxygen atoms in total. The highest BCUT2D eigenvalue weighted by atomic mass is 16.2. The van der Waals surface area contributed by atoms with Crippen molar-refractivity contribution in [3.63, 3.8) is 0 Å². The highest BCUT2D eigenvalue weighted by molar-refractivity contribution is 6.02. The second kappa shape index (κ2) is 5.75. The number of carbonyl (C=O) groups excluding carboxylic acids is 2. The van der Waals surface area contributed by atoms with Crippen LogP contribution in [0.4, 0.5) is 10.6 Å². The van der Waals surface area contributed by atoms with E-state index in [9.17, 15) is 9.59 Å². The topological polar surface area (TPSA) is 112 Å². The van der Waals surface area contributed by atoms with Crippen molar-refractivity contribution in [1.82, 2.24) is 15.6 Å². The van der Waals surface area contributed by atoms with Crippen molar-refractivity contribution in [2.75, 3.05) is 18.4 Å². The molecule has 0 spiro atoms. The van der Waals surface area contributed by atoms with E-state index in [1.807, 2.05) is 6.92 Å². The minimum Gasteiger partial charge on any atom is -0.351 e. The van der Waals surface area contributed by atoms with E-state index in [2.05, 4.69) is 20.9 Å². The molecule has 3 amide bonds. The van der Waals surface area contributed by atoms with Gasteiger partial charge < -0.3 is 21.4 Å². The number of nitrogens with one attached hydrogen (secondary N) is 4. The highest BCUT2D eigenvalue weighted by Crippen LogP contribution is 2.16. The van der Waals surface area contributed by atoms with Gasteiger partial charge in [0, 0.05) is 18.3 Å². The van der Waals surface area contributed by atoms with E-state index in [1.54, 1.807) is 6.07 Å². The average molecular weight is 265 g/mol. The molecule has 0 bridgehead atoms. The van der Waals surface area contributed by atoms with Crippen LogP contribution >= 0.6 is 0 Å². The molecular weight excluding hydrogens is 246 g/mol. The number of aromatic amines is 1. The van der Waals surface area contributed by atoms with E-state index < -0.39 is 6.03 Å². The van der Waals surface area contributed by atoms with E-state index >= 15 is 0 Å². The largest absolute Gasteiger partial charge is 0.351 e. The Kier molecular flexibility index (Phi) is 4.06. The second-order valence-corrected chi connectivity index (χ2v) is 4.75. The summed E-state index contributed by atoms with van der Waals surface area (Å²) in [6.07, 6.45) is 2.00. The zero-order valence-corrected chi connectivity index (χ0v) is 10.9. The molecule has 0 saturated carbocycles. The number of piperidine rings is 1. The lowest BCUT2D eigenvalue weighted by Gasteiger charge is -2.23. The molecule has 1 aromatic rings. The lowest BCUT2D eigenvalue weighted by molar-refractivity contribution is 0.0931. The molecule has 1 aliphatic heterocycles. The summed E-state index contributed by atoms with van der Waals surface area (Å²) in [7, 11) is 0. The quantitative estimate of drug-likeness (QED) is 0.541. The molecule has 2 rings (SSSR count). The zero-order valence-electron chi connectivity index (χ0n) is 10.9. The molecule has 0 radical (unpaired) electrons. The monoisotopic (exact) mass is 265 g/mol. The van der Waals surface area contributed by atoms with Crippen LogP contribution in [0.1, 0.15) is 28.9 Å². The Morgan fingerprint density at radius 3 is 2.89 bits per heavy atom. The van der Waals surface area contributed by atoms with Crippen molar-refractivity contribution < 1.29 is 9.59 Å². The molecule has 2 heterocycles. The van der Waals surface area contributed by atoms with Crippen molar-refractivity contribution in [2.24, 2.45) is 5.73 Å². The van der Waals surface area contributed by atoms with E-state index in [-0.39, 0.29) is 11.9 Å². The minimum absolute atomic E-state index is 0.123. The van der Waals surface area contributed by atoms with Crippen LogP contribution < -0.4 is 21.7 Å². The Hall–Kier alpha value is -2.02. The highest BCUT2D eigenvalue weighted by Gasteiger charge is 2.20. The van der Waals surface area contributed by atoms with Gasteiger partial charge in [-0.05, 0) is 32.4 Å². The van der Waals surface area contributed by atoms with Gasteiger partial charge in [-0.15, -0.1) is 0 Å².